The molecule has 1 N–H and O–H groups in total. The molecular formula is C21H18N2OS2. The van der Waals surface area contributed by atoms with Crippen molar-refractivity contribution in [2.75, 3.05) is 0 Å². The lowest BCUT2D eigenvalue weighted by molar-refractivity contribution is 0.422. The average Bonchev–Trinajstić information content (AvgIpc) is 2.94. The van der Waals surface area contributed by atoms with E-state index in [4.69, 9.17) is 12.2 Å². The van der Waals surface area contributed by atoms with Gasteiger partial charge in [0.05, 0.1) is 17.1 Å². The number of benzene rings is 2. The molecule has 1 aromatic heterocycles. The van der Waals surface area contributed by atoms with E-state index in [2.05, 4.69) is 4.99 Å². The Kier molecular flexibility index (Phi) is 6.30. The predicted molar refractivity (Wildman–Crippen MR) is 113 cm³/mol. The molecule has 0 unspecified atom stereocenters. The lowest BCUT2D eigenvalue weighted by atomic mass is 10.2. The molecule has 3 nitrogen and oxygen atoms in total. The van der Waals surface area contributed by atoms with E-state index in [1.54, 1.807) is 10.8 Å². The number of aliphatic imine (C=N–C) groups is 1. The summed E-state index contributed by atoms with van der Waals surface area (Å²) in [5, 5.41) is 10.4. The maximum Gasteiger partial charge on any atom is 0.210 e. The molecule has 0 saturated carbocycles. The van der Waals surface area contributed by atoms with Crippen molar-refractivity contribution in [3.8, 4) is 5.88 Å². The number of hydrogen-bond donors (Lipinski definition) is 1. The summed E-state index contributed by atoms with van der Waals surface area (Å²) < 4.78 is 2.40. The Hall–Kier alpha value is -2.76. The summed E-state index contributed by atoms with van der Waals surface area (Å²) >= 11 is 6.78. The zero-order chi connectivity index (χ0) is 18.2. The van der Waals surface area contributed by atoms with Gasteiger partial charge in [-0.3, -0.25) is 9.56 Å². The number of thiazole rings is 1. The fourth-order valence-electron chi connectivity index (χ4n) is 2.33. The van der Waals surface area contributed by atoms with Crippen LogP contribution in [0.3, 0.4) is 0 Å². The van der Waals surface area contributed by atoms with Crippen LogP contribution in [-0.2, 0) is 6.54 Å². The van der Waals surface area contributed by atoms with E-state index in [9.17, 15) is 5.11 Å². The molecule has 0 spiro atoms. The van der Waals surface area contributed by atoms with Crippen LogP contribution in [0.4, 0.5) is 5.69 Å². The van der Waals surface area contributed by atoms with Crippen molar-refractivity contribution in [3.63, 3.8) is 0 Å². The summed E-state index contributed by atoms with van der Waals surface area (Å²) in [6.45, 7) is 0.565. The number of nitrogens with zero attached hydrogens (tertiary/aromatic N) is 2. The normalized spacial score (nSPS) is 11.8. The third-order valence-electron chi connectivity index (χ3n) is 3.61. The first kappa shape index (κ1) is 18.0. The van der Waals surface area contributed by atoms with Crippen LogP contribution in [0.2, 0.25) is 0 Å². The summed E-state index contributed by atoms with van der Waals surface area (Å²) in [6, 6.07) is 19.7. The Morgan fingerprint density at radius 2 is 1.65 bits per heavy atom. The Labute approximate surface area is 161 Å². The van der Waals surface area contributed by atoms with E-state index in [0.717, 1.165) is 16.1 Å². The number of hydrogen-bond acceptors (Lipinski definition) is 4. The first-order chi connectivity index (χ1) is 12.7. The van der Waals surface area contributed by atoms with Crippen LogP contribution < -0.4 is 0 Å². The van der Waals surface area contributed by atoms with E-state index >= 15 is 0 Å². The van der Waals surface area contributed by atoms with Gasteiger partial charge >= 0.3 is 0 Å². The Balaban J connectivity index is 1.65. The van der Waals surface area contributed by atoms with Gasteiger partial charge in [0.2, 0.25) is 5.88 Å². The molecule has 0 fully saturated rings. The van der Waals surface area contributed by atoms with Gasteiger partial charge in [-0.2, -0.15) is 0 Å². The second-order valence-corrected chi connectivity index (χ2v) is 7.16. The fraction of sp³-hybridized carbons (Fsp3) is 0.0476. The molecule has 130 valence electrons. The topological polar surface area (TPSA) is 37.5 Å². The average molecular weight is 379 g/mol. The second-order valence-electron chi connectivity index (χ2n) is 5.49. The lowest BCUT2D eigenvalue weighted by Gasteiger charge is -2.04. The van der Waals surface area contributed by atoms with Crippen molar-refractivity contribution in [1.82, 2.24) is 4.57 Å². The molecule has 5 heteroatoms. The summed E-state index contributed by atoms with van der Waals surface area (Å²) in [7, 11) is 0. The summed E-state index contributed by atoms with van der Waals surface area (Å²) in [6.07, 6.45) is 9.17. The van der Waals surface area contributed by atoms with Gasteiger partial charge in [-0.25, -0.2) is 0 Å². The maximum absolute atomic E-state index is 10.4. The van der Waals surface area contributed by atoms with Crippen molar-refractivity contribution in [2.45, 2.75) is 6.54 Å². The molecule has 0 aliphatic rings. The maximum atomic E-state index is 10.4. The van der Waals surface area contributed by atoms with Crippen LogP contribution in [0.15, 0.2) is 83.9 Å². The second kappa shape index (κ2) is 9.08. The standard InChI is InChI=1S/C21H18N2OS2/c24-20-19(14-8-3-9-15-22-18-12-6-2-7-13-18)26-21(25)23(20)16-17-10-4-1-5-11-17/h1-15,24H,16H2/b9-3+,14-8-,22-15?. The zero-order valence-corrected chi connectivity index (χ0v) is 15.7. The van der Waals surface area contributed by atoms with E-state index in [-0.39, 0.29) is 5.88 Å². The molecule has 0 aliphatic carbocycles. The van der Waals surface area contributed by atoms with Crippen molar-refractivity contribution in [1.29, 1.82) is 0 Å². The Bertz CT molecular complexity index is 984. The molecule has 0 radical (unpaired) electrons. The van der Waals surface area contributed by atoms with Gasteiger partial charge in [0.25, 0.3) is 0 Å². The smallest absolute Gasteiger partial charge is 0.210 e. The third-order valence-corrected chi connectivity index (χ3v) is 5.02. The van der Waals surface area contributed by atoms with Gasteiger partial charge in [-0.05, 0) is 42.1 Å². The number of rotatable bonds is 6. The van der Waals surface area contributed by atoms with Gasteiger partial charge in [-0.15, -0.1) is 11.3 Å². The highest BCUT2D eigenvalue weighted by molar-refractivity contribution is 7.73. The van der Waals surface area contributed by atoms with Gasteiger partial charge in [-0.1, -0.05) is 60.7 Å². The number of aromatic nitrogens is 1. The van der Waals surface area contributed by atoms with E-state index < -0.39 is 0 Å². The molecule has 0 saturated heterocycles. The van der Waals surface area contributed by atoms with Gasteiger partial charge < -0.3 is 5.11 Å². The first-order valence-electron chi connectivity index (χ1n) is 8.13. The number of para-hydroxylation sites is 1. The third kappa shape index (κ3) is 4.88. The van der Waals surface area contributed by atoms with Gasteiger partial charge in [0.1, 0.15) is 0 Å². The Morgan fingerprint density at radius 1 is 0.962 bits per heavy atom. The van der Waals surface area contributed by atoms with Crippen LogP contribution in [0, 0.1) is 3.95 Å². The minimum atomic E-state index is 0.200. The molecule has 0 atom stereocenters. The Morgan fingerprint density at radius 3 is 2.38 bits per heavy atom. The monoisotopic (exact) mass is 378 g/mol. The fourth-order valence-corrected chi connectivity index (χ4v) is 3.55. The van der Waals surface area contributed by atoms with E-state index in [1.165, 1.54) is 11.3 Å². The molecule has 0 bridgehead atoms. The molecule has 3 rings (SSSR count). The SMILES string of the molecule is Oc1c(/C=C\C=C\C=Nc2ccccc2)sc(=S)n1Cc1ccccc1. The highest BCUT2D eigenvalue weighted by atomic mass is 32.1. The van der Waals surface area contributed by atoms with Crippen molar-refractivity contribution in [2.24, 2.45) is 4.99 Å². The molecule has 3 aromatic rings. The predicted octanol–water partition coefficient (Wildman–Crippen LogP) is 6.00. The highest BCUT2D eigenvalue weighted by Gasteiger charge is 2.09. The van der Waals surface area contributed by atoms with Crippen LogP contribution >= 0.6 is 23.6 Å². The van der Waals surface area contributed by atoms with Crippen LogP contribution in [0.25, 0.3) is 6.08 Å². The quantitative estimate of drug-likeness (QED) is 0.324. The summed E-state index contributed by atoms with van der Waals surface area (Å²) in [5.74, 6) is 0.200. The van der Waals surface area contributed by atoms with Crippen LogP contribution in [0.5, 0.6) is 5.88 Å². The van der Waals surface area contributed by atoms with Gasteiger partial charge in [0.15, 0.2) is 3.95 Å². The lowest BCUT2D eigenvalue weighted by Crippen LogP contribution is -1.98. The first-order valence-corrected chi connectivity index (χ1v) is 9.35. The van der Waals surface area contributed by atoms with E-state index in [0.29, 0.717) is 10.5 Å². The van der Waals surface area contributed by atoms with Crippen LogP contribution in [-0.4, -0.2) is 15.9 Å². The van der Waals surface area contributed by atoms with Crippen molar-refractivity contribution >= 4 is 41.5 Å². The molecule has 26 heavy (non-hydrogen) atoms. The van der Waals surface area contributed by atoms with Crippen molar-refractivity contribution < 1.29 is 5.11 Å². The summed E-state index contributed by atoms with van der Waals surface area (Å²) in [4.78, 5) is 5.07. The molecule has 1 heterocycles. The van der Waals surface area contributed by atoms with Gasteiger partial charge in [0, 0.05) is 6.21 Å². The van der Waals surface area contributed by atoms with E-state index in [1.807, 2.05) is 85.0 Å². The summed E-state index contributed by atoms with van der Waals surface area (Å²) in [5.41, 5.74) is 2.01. The minimum absolute atomic E-state index is 0.200. The largest absolute Gasteiger partial charge is 0.493 e. The molecular weight excluding hydrogens is 360 g/mol. The number of aromatic hydroxyl groups is 1. The minimum Gasteiger partial charge on any atom is -0.493 e. The highest BCUT2D eigenvalue weighted by Crippen LogP contribution is 2.28. The van der Waals surface area contributed by atoms with Crippen molar-refractivity contribution in [3.05, 3.63) is 93.3 Å². The molecule has 2 aromatic carbocycles. The number of allylic oxidation sites excluding steroid dienone is 3. The molecule has 0 amide bonds. The molecule has 0 aliphatic heterocycles. The van der Waals surface area contributed by atoms with Crippen LogP contribution in [0.1, 0.15) is 10.4 Å². The zero-order valence-electron chi connectivity index (χ0n) is 14.0.